The summed E-state index contributed by atoms with van der Waals surface area (Å²) < 4.78 is 10.9. The van der Waals surface area contributed by atoms with E-state index in [4.69, 9.17) is 9.47 Å². The number of unbranched alkanes of at least 4 members (excludes halogenated alkanes) is 5. The fourth-order valence-corrected chi connectivity index (χ4v) is 3.99. The van der Waals surface area contributed by atoms with Crippen LogP contribution in [0.5, 0.6) is 5.75 Å². The van der Waals surface area contributed by atoms with E-state index in [0.717, 1.165) is 50.5 Å². The molecule has 1 atom stereocenters. The molecule has 0 spiro atoms. The highest BCUT2D eigenvalue weighted by Gasteiger charge is 2.21. The third kappa shape index (κ3) is 10.1. The summed E-state index contributed by atoms with van der Waals surface area (Å²) in [6, 6.07) is 4.16. The molecule has 164 valence electrons. The standard InChI is InChI=1S/C24H40N2O3/c1-3-5-6-7-8-9-17-29-23-13-12-22(25-19-23)18-21-11-10-15-26(20-21)16-14-24(27)28-4-2/h12-13,19,21H,3-11,14-18,20H2,1-2H3. The van der Waals surface area contributed by atoms with Gasteiger partial charge in [-0.25, -0.2) is 0 Å². The summed E-state index contributed by atoms with van der Waals surface area (Å²) in [5.74, 6) is 1.39. The normalized spacial score (nSPS) is 17.2. The highest BCUT2D eigenvalue weighted by atomic mass is 16.5. The van der Waals surface area contributed by atoms with Gasteiger partial charge in [-0.15, -0.1) is 0 Å². The number of esters is 1. The molecule has 0 amide bonds. The lowest BCUT2D eigenvalue weighted by atomic mass is 9.93. The average molecular weight is 405 g/mol. The SMILES string of the molecule is CCCCCCCCOc1ccc(CC2CCCN(CCC(=O)OCC)C2)nc1. The summed E-state index contributed by atoms with van der Waals surface area (Å²) >= 11 is 0. The van der Waals surface area contributed by atoms with Gasteiger partial charge < -0.3 is 14.4 Å². The fraction of sp³-hybridized carbons (Fsp3) is 0.750. The molecule has 2 heterocycles. The van der Waals surface area contributed by atoms with Crippen molar-refractivity contribution < 1.29 is 14.3 Å². The van der Waals surface area contributed by atoms with Crippen molar-refractivity contribution in [3.63, 3.8) is 0 Å². The Morgan fingerprint density at radius 3 is 2.76 bits per heavy atom. The molecule has 1 unspecified atom stereocenters. The van der Waals surface area contributed by atoms with Gasteiger partial charge in [0.1, 0.15) is 5.75 Å². The van der Waals surface area contributed by atoms with E-state index in [0.29, 0.717) is 18.9 Å². The second kappa shape index (κ2) is 14.4. The quantitative estimate of drug-likeness (QED) is 0.322. The summed E-state index contributed by atoms with van der Waals surface area (Å²) in [5.41, 5.74) is 1.13. The number of hydrogen-bond acceptors (Lipinski definition) is 5. The highest BCUT2D eigenvalue weighted by molar-refractivity contribution is 5.69. The number of pyridine rings is 1. The molecule has 29 heavy (non-hydrogen) atoms. The van der Waals surface area contributed by atoms with E-state index in [-0.39, 0.29) is 5.97 Å². The van der Waals surface area contributed by atoms with Crippen LogP contribution < -0.4 is 4.74 Å². The molecule has 1 fully saturated rings. The minimum absolute atomic E-state index is 0.0900. The fourth-order valence-electron chi connectivity index (χ4n) is 3.99. The lowest BCUT2D eigenvalue weighted by Gasteiger charge is -2.32. The van der Waals surface area contributed by atoms with Gasteiger partial charge in [0, 0.05) is 18.8 Å². The summed E-state index contributed by atoms with van der Waals surface area (Å²) in [7, 11) is 0. The zero-order chi connectivity index (χ0) is 20.7. The van der Waals surface area contributed by atoms with E-state index in [2.05, 4.69) is 28.9 Å². The number of nitrogens with zero attached hydrogens (tertiary/aromatic N) is 2. The molecule has 0 radical (unpaired) electrons. The monoisotopic (exact) mass is 404 g/mol. The van der Waals surface area contributed by atoms with E-state index in [9.17, 15) is 4.79 Å². The summed E-state index contributed by atoms with van der Waals surface area (Å²) in [6.07, 6.45) is 13.4. The number of aromatic nitrogens is 1. The Kier molecular flexibility index (Phi) is 11.7. The van der Waals surface area contributed by atoms with Crippen molar-refractivity contribution in [2.75, 3.05) is 32.8 Å². The number of likely N-dealkylation sites (tertiary alicyclic amines) is 1. The van der Waals surface area contributed by atoms with Gasteiger partial charge in [-0.1, -0.05) is 39.0 Å². The van der Waals surface area contributed by atoms with E-state index in [1.165, 1.54) is 44.9 Å². The first kappa shape index (κ1) is 23.7. The predicted octanol–water partition coefficient (Wildman–Crippen LogP) is 5.03. The minimum atomic E-state index is -0.0900. The summed E-state index contributed by atoms with van der Waals surface area (Å²) in [5, 5.41) is 0. The van der Waals surface area contributed by atoms with Crippen LogP contribution in [-0.4, -0.2) is 48.7 Å². The van der Waals surface area contributed by atoms with Gasteiger partial charge in [-0.2, -0.15) is 0 Å². The molecule has 1 aliphatic rings. The number of ether oxygens (including phenoxy) is 2. The molecule has 5 heteroatoms. The van der Waals surface area contributed by atoms with Gasteiger partial charge in [0.15, 0.2) is 0 Å². The second-order valence-corrected chi connectivity index (χ2v) is 8.17. The van der Waals surface area contributed by atoms with Crippen molar-refractivity contribution in [1.82, 2.24) is 9.88 Å². The topological polar surface area (TPSA) is 51.7 Å². The Morgan fingerprint density at radius 2 is 2.00 bits per heavy atom. The van der Waals surface area contributed by atoms with Crippen molar-refractivity contribution >= 4 is 5.97 Å². The zero-order valence-corrected chi connectivity index (χ0v) is 18.5. The molecule has 0 saturated carbocycles. The van der Waals surface area contributed by atoms with Crippen molar-refractivity contribution in [2.24, 2.45) is 5.92 Å². The number of rotatable bonds is 14. The van der Waals surface area contributed by atoms with Crippen LogP contribution in [0.15, 0.2) is 18.3 Å². The zero-order valence-electron chi connectivity index (χ0n) is 18.5. The van der Waals surface area contributed by atoms with E-state index in [1.54, 1.807) is 0 Å². The number of carbonyl (C=O) groups is 1. The van der Waals surface area contributed by atoms with Crippen LogP contribution in [0.4, 0.5) is 0 Å². The van der Waals surface area contributed by atoms with Gasteiger partial charge in [0.05, 0.1) is 25.8 Å². The van der Waals surface area contributed by atoms with Crippen molar-refractivity contribution in [1.29, 1.82) is 0 Å². The van der Waals surface area contributed by atoms with Gasteiger partial charge in [-0.05, 0) is 57.2 Å². The van der Waals surface area contributed by atoms with Crippen molar-refractivity contribution in [3.05, 3.63) is 24.0 Å². The molecule has 2 rings (SSSR count). The number of hydrogen-bond donors (Lipinski definition) is 0. The largest absolute Gasteiger partial charge is 0.492 e. The van der Waals surface area contributed by atoms with Crippen LogP contribution in [0.1, 0.15) is 77.3 Å². The predicted molar refractivity (Wildman–Crippen MR) is 117 cm³/mol. The van der Waals surface area contributed by atoms with Gasteiger partial charge in [-0.3, -0.25) is 9.78 Å². The maximum absolute atomic E-state index is 11.6. The van der Waals surface area contributed by atoms with E-state index in [1.807, 2.05) is 13.1 Å². The molecular formula is C24H40N2O3. The lowest BCUT2D eigenvalue weighted by molar-refractivity contribution is -0.143. The minimum Gasteiger partial charge on any atom is -0.492 e. The third-order valence-corrected chi connectivity index (χ3v) is 5.60. The Labute approximate surface area is 177 Å². The maximum atomic E-state index is 11.6. The van der Waals surface area contributed by atoms with Crippen LogP contribution >= 0.6 is 0 Å². The Balaban J connectivity index is 1.64. The van der Waals surface area contributed by atoms with Gasteiger partial charge >= 0.3 is 5.97 Å². The van der Waals surface area contributed by atoms with Crippen molar-refractivity contribution in [3.8, 4) is 5.75 Å². The molecule has 1 saturated heterocycles. The molecule has 1 aromatic heterocycles. The van der Waals surface area contributed by atoms with Gasteiger partial charge in [0.2, 0.25) is 0 Å². The smallest absolute Gasteiger partial charge is 0.307 e. The van der Waals surface area contributed by atoms with Crippen LogP contribution in [0.2, 0.25) is 0 Å². The molecule has 1 aliphatic heterocycles. The first-order valence-electron chi connectivity index (χ1n) is 11.7. The Hall–Kier alpha value is -1.62. The van der Waals surface area contributed by atoms with Crippen molar-refractivity contribution in [2.45, 2.75) is 78.1 Å². The Morgan fingerprint density at radius 1 is 1.17 bits per heavy atom. The second-order valence-electron chi connectivity index (χ2n) is 8.17. The lowest BCUT2D eigenvalue weighted by Crippen LogP contribution is -2.37. The molecule has 0 aromatic carbocycles. The first-order valence-corrected chi connectivity index (χ1v) is 11.7. The molecule has 0 bridgehead atoms. The van der Waals surface area contributed by atoms with E-state index < -0.39 is 0 Å². The molecular weight excluding hydrogens is 364 g/mol. The summed E-state index contributed by atoms with van der Waals surface area (Å²) in [6.45, 7) is 8.26. The molecule has 5 nitrogen and oxygen atoms in total. The Bertz CT molecular complexity index is 562. The van der Waals surface area contributed by atoms with Gasteiger partial charge in [0.25, 0.3) is 0 Å². The van der Waals surface area contributed by atoms with Crippen LogP contribution in [0.3, 0.4) is 0 Å². The van der Waals surface area contributed by atoms with E-state index >= 15 is 0 Å². The maximum Gasteiger partial charge on any atom is 0.307 e. The molecule has 0 N–H and O–H groups in total. The number of carbonyl (C=O) groups excluding carboxylic acids is 1. The highest BCUT2D eigenvalue weighted by Crippen LogP contribution is 2.21. The third-order valence-electron chi connectivity index (χ3n) is 5.60. The molecule has 0 aliphatic carbocycles. The van der Waals surface area contributed by atoms with Crippen LogP contribution in [0, 0.1) is 5.92 Å². The number of piperidine rings is 1. The molecule has 1 aromatic rings. The first-order chi connectivity index (χ1) is 14.2. The van der Waals surface area contributed by atoms with Crippen LogP contribution in [-0.2, 0) is 16.0 Å². The average Bonchev–Trinajstić information content (AvgIpc) is 2.73. The summed E-state index contributed by atoms with van der Waals surface area (Å²) in [4.78, 5) is 18.6. The van der Waals surface area contributed by atoms with Crippen LogP contribution in [0.25, 0.3) is 0 Å².